The fourth-order valence-electron chi connectivity index (χ4n) is 4.06. The number of aliphatic imine (C=N–C) groups is 1. The number of hydrogen-bond donors (Lipinski definition) is 2. The van der Waals surface area contributed by atoms with E-state index < -0.39 is 0 Å². The Kier molecular flexibility index (Phi) is 10.2. The third-order valence-corrected chi connectivity index (χ3v) is 7.28. The topological polar surface area (TPSA) is 52.6 Å². The molecule has 0 amide bonds. The highest BCUT2D eigenvalue weighted by atomic mass is 127. The first-order valence-corrected chi connectivity index (χ1v) is 12.0. The van der Waals surface area contributed by atoms with Crippen LogP contribution in [-0.4, -0.2) is 59.1 Å². The van der Waals surface area contributed by atoms with Gasteiger partial charge in [-0.2, -0.15) is 11.8 Å². The zero-order valence-electron chi connectivity index (χ0n) is 16.6. The summed E-state index contributed by atoms with van der Waals surface area (Å²) in [5.74, 6) is 3.48. The molecule has 1 aliphatic carbocycles. The van der Waals surface area contributed by atoms with Crippen molar-refractivity contribution in [3.05, 3.63) is 16.1 Å². The number of hydrogen-bond acceptors (Lipinski definition) is 5. The van der Waals surface area contributed by atoms with Crippen LogP contribution in [0.25, 0.3) is 0 Å². The Morgan fingerprint density at radius 1 is 1.22 bits per heavy atom. The van der Waals surface area contributed by atoms with Gasteiger partial charge in [-0.3, -0.25) is 4.90 Å². The van der Waals surface area contributed by atoms with Gasteiger partial charge in [0.1, 0.15) is 5.01 Å². The van der Waals surface area contributed by atoms with Crippen molar-refractivity contribution in [1.29, 1.82) is 0 Å². The second-order valence-electron chi connectivity index (χ2n) is 7.30. The van der Waals surface area contributed by atoms with Gasteiger partial charge in [0.05, 0.1) is 6.54 Å². The molecule has 2 fully saturated rings. The van der Waals surface area contributed by atoms with Crippen molar-refractivity contribution < 1.29 is 0 Å². The van der Waals surface area contributed by atoms with E-state index in [2.05, 4.69) is 46.1 Å². The molecule has 1 saturated heterocycles. The van der Waals surface area contributed by atoms with Crippen molar-refractivity contribution in [3.8, 4) is 0 Å². The molecular formula is C19H34IN5S2. The van der Waals surface area contributed by atoms with E-state index >= 15 is 0 Å². The van der Waals surface area contributed by atoms with Gasteiger partial charge in [-0.25, -0.2) is 9.98 Å². The minimum Gasteiger partial charge on any atom is -0.357 e. The summed E-state index contributed by atoms with van der Waals surface area (Å²) in [5.41, 5.74) is 0.313. The van der Waals surface area contributed by atoms with Crippen LogP contribution in [0, 0.1) is 6.92 Å². The Hall–Kier alpha value is -0.0600. The van der Waals surface area contributed by atoms with Gasteiger partial charge in [0.15, 0.2) is 5.96 Å². The van der Waals surface area contributed by atoms with Crippen LogP contribution in [-0.2, 0) is 6.54 Å². The lowest BCUT2D eigenvalue weighted by Gasteiger charge is -2.48. The zero-order valence-corrected chi connectivity index (χ0v) is 20.6. The summed E-state index contributed by atoms with van der Waals surface area (Å²) in [4.78, 5) is 13.2. The van der Waals surface area contributed by atoms with Crippen molar-refractivity contribution in [1.82, 2.24) is 20.5 Å². The van der Waals surface area contributed by atoms with Crippen molar-refractivity contribution in [2.24, 2.45) is 4.99 Å². The van der Waals surface area contributed by atoms with Crippen LogP contribution < -0.4 is 10.6 Å². The lowest BCUT2D eigenvalue weighted by atomic mass is 9.80. The molecule has 154 valence electrons. The van der Waals surface area contributed by atoms with E-state index in [1.807, 2.05) is 6.20 Å². The van der Waals surface area contributed by atoms with Gasteiger partial charge in [0.2, 0.25) is 0 Å². The van der Waals surface area contributed by atoms with Crippen LogP contribution in [0.1, 0.15) is 48.9 Å². The van der Waals surface area contributed by atoms with Gasteiger partial charge in [0, 0.05) is 54.3 Å². The van der Waals surface area contributed by atoms with E-state index in [4.69, 9.17) is 4.99 Å². The van der Waals surface area contributed by atoms with Crippen molar-refractivity contribution in [3.63, 3.8) is 0 Å². The quantitative estimate of drug-likeness (QED) is 0.337. The predicted octanol–water partition coefficient (Wildman–Crippen LogP) is 3.88. The van der Waals surface area contributed by atoms with Gasteiger partial charge >= 0.3 is 0 Å². The third-order valence-electron chi connectivity index (χ3n) is 5.44. The Morgan fingerprint density at radius 3 is 2.59 bits per heavy atom. The van der Waals surface area contributed by atoms with E-state index in [-0.39, 0.29) is 24.0 Å². The van der Waals surface area contributed by atoms with Crippen LogP contribution in [0.2, 0.25) is 0 Å². The number of thioether (sulfide) groups is 1. The van der Waals surface area contributed by atoms with Gasteiger partial charge in [-0.05, 0) is 26.7 Å². The molecule has 27 heavy (non-hydrogen) atoms. The SMILES string of the molecule is CCNC(=NCc1ncc(C)s1)NCC1(N2CCSCC2)CCCCC1.I. The molecule has 1 aliphatic heterocycles. The molecule has 0 bridgehead atoms. The highest BCUT2D eigenvalue weighted by molar-refractivity contribution is 14.0. The summed E-state index contributed by atoms with van der Waals surface area (Å²) in [5, 5.41) is 8.17. The van der Waals surface area contributed by atoms with Gasteiger partial charge in [-0.1, -0.05) is 19.3 Å². The van der Waals surface area contributed by atoms with E-state index in [0.717, 1.165) is 24.1 Å². The third kappa shape index (κ3) is 6.75. The highest BCUT2D eigenvalue weighted by Gasteiger charge is 2.38. The lowest BCUT2D eigenvalue weighted by molar-refractivity contribution is 0.0626. The Bertz CT molecular complexity index is 580. The van der Waals surface area contributed by atoms with Gasteiger partial charge in [-0.15, -0.1) is 35.3 Å². The fourth-order valence-corrected chi connectivity index (χ4v) is 5.68. The van der Waals surface area contributed by atoms with Gasteiger partial charge < -0.3 is 10.6 Å². The van der Waals surface area contributed by atoms with Crippen LogP contribution in [0.3, 0.4) is 0 Å². The van der Waals surface area contributed by atoms with Crippen LogP contribution >= 0.6 is 47.1 Å². The van der Waals surface area contributed by atoms with Crippen LogP contribution in [0.4, 0.5) is 0 Å². The van der Waals surface area contributed by atoms with Crippen molar-refractivity contribution >= 4 is 53.0 Å². The predicted molar refractivity (Wildman–Crippen MR) is 130 cm³/mol. The summed E-state index contributed by atoms with van der Waals surface area (Å²) in [6, 6.07) is 0. The molecule has 2 aliphatic rings. The van der Waals surface area contributed by atoms with E-state index in [9.17, 15) is 0 Å². The molecule has 1 saturated carbocycles. The summed E-state index contributed by atoms with van der Waals surface area (Å²) in [6.45, 7) is 9.23. The molecule has 1 aromatic heterocycles. The molecule has 2 N–H and O–H groups in total. The number of thiazole rings is 1. The van der Waals surface area contributed by atoms with E-state index in [1.54, 1.807) is 11.3 Å². The number of aromatic nitrogens is 1. The standard InChI is InChI=1S/C19H33N5S2.HI/c1-3-20-18(22-14-17-21-13-16(2)26-17)23-15-19(7-5-4-6-8-19)24-9-11-25-12-10-24;/h13H,3-12,14-15H2,1-2H3,(H2,20,22,23);1H. The zero-order chi connectivity index (χ0) is 18.2. The minimum atomic E-state index is 0. The van der Waals surface area contributed by atoms with Crippen LogP contribution in [0.15, 0.2) is 11.2 Å². The molecule has 1 aromatic rings. The number of nitrogens with zero attached hydrogens (tertiary/aromatic N) is 3. The van der Waals surface area contributed by atoms with Gasteiger partial charge in [0.25, 0.3) is 0 Å². The number of aryl methyl sites for hydroxylation is 1. The molecule has 5 nitrogen and oxygen atoms in total. The van der Waals surface area contributed by atoms with E-state index in [1.165, 1.54) is 61.6 Å². The Morgan fingerprint density at radius 2 is 1.96 bits per heavy atom. The van der Waals surface area contributed by atoms with E-state index in [0.29, 0.717) is 12.1 Å². The molecule has 0 aromatic carbocycles. The largest absolute Gasteiger partial charge is 0.357 e. The number of nitrogens with one attached hydrogen (secondary N) is 2. The first-order valence-electron chi connectivity index (χ1n) is 9.98. The average Bonchev–Trinajstić information content (AvgIpc) is 3.11. The molecule has 0 spiro atoms. The Labute approximate surface area is 189 Å². The summed E-state index contributed by atoms with van der Waals surface area (Å²) < 4.78 is 0. The second-order valence-corrected chi connectivity index (χ2v) is 9.84. The first kappa shape index (κ1) is 23.2. The lowest BCUT2D eigenvalue weighted by Crippen LogP contribution is -2.59. The maximum Gasteiger partial charge on any atom is 0.191 e. The second kappa shape index (κ2) is 11.8. The summed E-state index contributed by atoms with van der Waals surface area (Å²) in [7, 11) is 0. The smallest absolute Gasteiger partial charge is 0.191 e. The molecular weight excluding hydrogens is 489 g/mol. The maximum absolute atomic E-state index is 4.78. The van der Waals surface area contributed by atoms with Crippen LogP contribution in [0.5, 0.6) is 0 Å². The number of halogens is 1. The minimum absolute atomic E-state index is 0. The van der Waals surface area contributed by atoms with Crippen molar-refractivity contribution in [2.75, 3.05) is 37.7 Å². The number of rotatable bonds is 6. The average molecular weight is 524 g/mol. The summed E-state index contributed by atoms with van der Waals surface area (Å²) >= 11 is 3.83. The normalized spacial score (nSPS) is 20.7. The molecule has 0 unspecified atom stereocenters. The maximum atomic E-state index is 4.78. The van der Waals surface area contributed by atoms with Crippen molar-refractivity contribution in [2.45, 2.75) is 58.0 Å². The molecule has 2 heterocycles. The molecule has 8 heteroatoms. The number of guanidine groups is 1. The highest BCUT2D eigenvalue weighted by Crippen LogP contribution is 2.34. The first-order chi connectivity index (χ1) is 12.7. The summed E-state index contributed by atoms with van der Waals surface area (Å²) in [6.07, 6.45) is 8.67. The Balaban J connectivity index is 0.00000261. The molecule has 0 radical (unpaired) electrons. The molecule has 0 atom stereocenters. The fraction of sp³-hybridized carbons (Fsp3) is 0.789. The molecule has 3 rings (SSSR count). The monoisotopic (exact) mass is 523 g/mol.